The van der Waals surface area contributed by atoms with E-state index in [1.165, 1.54) is 10.5 Å². The first-order valence-electron chi connectivity index (χ1n) is 6.90. The lowest BCUT2D eigenvalue weighted by Gasteiger charge is -2.13. The molecule has 0 atom stereocenters. The maximum atomic E-state index is 12.0. The summed E-state index contributed by atoms with van der Waals surface area (Å²) in [5, 5.41) is 16.1. The summed E-state index contributed by atoms with van der Waals surface area (Å²) in [5.41, 5.74) is 1.62. The molecular formula is C14H17N5OS. The number of aromatic nitrogens is 3. The lowest BCUT2D eigenvalue weighted by Crippen LogP contribution is -2.29. The number of thiophene rings is 1. The number of carbonyl (C=O) groups excluding carboxylic acids is 1. The second-order valence-electron chi connectivity index (χ2n) is 4.88. The molecule has 1 aliphatic heterocycles. The van der Waals surface area contributed by atoms with Gasteiger partial charge in [-0.05, 0) is 24.4 Å². The van der Waals surface area contributed by atoms with Crippen LogP contribution in [0.2, 0.25) is 0 Å². The monoisotopic (exact) mass is 303 g/mol. The standard InChI is InChI=1S/C14H17N5OS/c20-14(16-8-11-3-5-15-6-4-11)13-10-19(18-17-13)9-12-2-1-7-21-12/h1-3,7,10,15H,4-6,8-9H2,(H,16,20). The first kappa shape index (κ1) is 14.0. The lowest BCUT2D eigenvalue weighted by molar-refractivity contribution is 0.0951. The Hall–Kier alpha value is -1.99. The van der Waals surface area contributed by atoms with Crippen molar-refractivity contribution in [3.05, 3.63) is 45.9 Å². The fourth-order valence-electron chi connectivity index (χ4n) is 2.16. The van der Waals surface area contributed by atoms with Gasteiger partial charge in [0.25, 0.3) is 5.91 Å². The molecule has 21 heavy (non-hydrogen) atoms. The van der Waals surface area contributed by atoms with E-state index in [2.05, 4.69) is 27.0 Å². The number of hydrogen-bond acceptors (Lipinski definition) is 5. The average Bonchev–Trinajstić information content (AvgIpc) is 3.18. The van der Waals surface area contributed by atoms with Gasteiger partial charge in [-0.25, -0.2) is 4.68 Å². The van der Waals surface area contributed by atoms with Crippen LogP contribution in [0.4, 0.5) is 0 Å². The fourth-order valence-corrected chi connectivity index (χ4v) is 2.85. The fraction of sp³-hybridized carbons (Fsp3) is 0.357. The summed E-state index contributed by atoms with van der Waals surface area (Å²) in [6, 6.07) is 4.03. The molecule has 0 aliphatic carbocycles. The molecule has 0 saturated heterocycles. The second kappa shape index (κ2) is 6.64. The molecule has 0 unspecified atom stereocenters. The highest BCUT2D eigenvalue weighted by molar-refractivity contribution is 7.09. The van der Waals surface area contributed by atoms with Crippen LogP contribution >= 0.6 is 11.3 Å². The minimum absolute atomic E-state index is 0.174. The molecule has 0 saturated carbocycles. The maximum absolute atomic E-state index is 12.0. The molecule has 0 aromatic carbocycles. The highest BCUT2D eigenvalue weighted by Crippen LogP contribution is 2.10. The van der Waals surface area contributed by atoms with E-state index in [0.29, 0.717) is 18.8 Å². The van der Waals surface area contributed by atoms with Crippen LogP contribution in [0, 0.1) is 0 Å². The average molecular weight is 303 g/mol. The summed E-state index contributed by atoms with van der Waals surface area (Å²) in [7, 11) is 0. The van der Waals surface area contributed by atoms with Crippen molar-refractivity contribution in [2.75, 3.05) is 19.6 Å². The number of amides is 1. The minimum atomic E-state index is -0.174. The van der Waals surface area contributed by atoms with Gasteiger partial charge >= 0.3 is 0 Å². The molecule has 3 heterocycles. The van der Waals surface area contributed by atoms with E-state index < -0.39 is 0 Å². The molecule has 1 aliphatic rings. The Bertz CT molecular complexity index is 632. The van der Waals surface area contributed by atoms with Gasteiger partial charge in [-0.1, -0.05) is 22.9 Å². The van der Waals surface area contributed by atoms with E-state index in [1.807, 2.05) is 17.5 Å². The number of nitrogens with one attached hydrogen (secondary N) is 2. The molecule has 0 bridgehead atoms. The third kappa shape index (κ3) is 3.77. The third-order valence-corrected chi connectivity index (χ3v) is 4.16. The van der Waals surface area contributed by atoms with Crippen molar-refractivity contribution < 1.29 is 4.79 Å². The zero-order valence-corrected chi connectivity index (χ0v) is 12.4. The summed E-state index contributed by atoms with van der Waals surface area (Å²) >= 11 is 1.66. The topological polar surface area (TPSA) is 71.8 Å². The predicted molar refractivity (Wildman–Crippen MR) is 81.3 cm³/mol. The smallest absolute Gasteiger partial charge is 0.273 e. The van der Waals surface area contributed by atoms with Crippen LogP contribution in [0.1, 0.15) is 21.8 Å². The van der Waals surface area contributed by atoms with Gasteiger partial charge in [-0.2, -0.15) is 0 Å². The van der Waals surface area contributed by atoms with Crippen molar-refractivity contribution in [1.82, 2.24) is 25.6 Å². The van der Waals surface area contributed by atoms with E-state index in [0.717, 1.165) is 19.5 Å². The van der Waals surface area contributed by atoms with Crippen molar-refractivity contribution in [2.45, 2.75) is 13.0 Å². The van der Waals surface area contributed by atoms with E-state index >= 15 is 0 Å². The van der Waals surface area contributed by atoms with Gasteiger partial charge in [0, 0.05) is 18.0 Å². The molecule has 0 fully saturated rings. The molecule has 2 aromatic rings. The second-order valence-corrected chi connectivity index (χ2v) is 5.91. The zero-order chi connectivity index (χ0) is 14.5. The Morgan fingerprint density at radius 2 is 2.48 bits per heavy atom. The molecule has 3 rings (SSSR count). The van der Waals surface area contributed by atoms with Crippen LogP contribution in [0.5, 0.6) is 0 Å². The molecule has 2 N–H and O–H groups in total. The predicted octanol–water partition coefficient (Wildman–Crippen LogP) is 1.04. The third-order valence-electron chi connectivity index (χ3n) is 3.30. The Morgan fingerprint density at radius 1 is 1.52 bits per heavy atom. The Labute approximate surface area is 126 Å². The van der Waals surface area contributed by atoms with Crippen molar-refractivity contribution in [2.24, 2.45) is 0 Å². The maximum Gasteiger partial charge on any atom is 0.273 e. The Balaban J connectivity index is 1.55. The SMILES string of the molecule is O=C(NCC1=CCNCC1)c1cn(Cc2cccs2)nn1. The number of carbonyl (C=O) groups is 1. The van der Waals surface area contributed by atoms with Crippen LogP contribution in [0.3, 0.4) is 0 Å². The molecule has 110 valence electrons. The van der Waals surface area contributed by atoms with Gasteiger partial charge in [0.2, 0.25) is 0 Å². The lowest BCUT2D eigenvalue weighted by atomic mass is 10.1. The number of hydrogen-bond donors (Lipinski definition) is 2. The zero-order valence-electron chi connectivity index (χ0n) is 11.6. The van der Waals surface area contributed by atoms with Crippen LogP contribution < -0.4 is 10.6 Å². The van der Waals surface area contributed by atoms with Crippen molar-refractivity contribution in [3.63, 3.8) is 0 Å². The van der Waals surface area contributed by atoms with Crippen LogP contribution in [0.25, 0.3) is 0 Å². The van der Waals surface area contributed by atoms with Gasteiger partial charge in [-0.15, -0.1) is 16.4 Å². The first-order chi connectivity index (χ1) is 10.3. The van der Waals surface area contributed by atoms with Gasteiger partial charge in [-0.3, -0.25) is 4.79 Å². The van der Waals surface area contributed by atoms with E-state index in [-0.39, 0.29) is 5.91 Å². The first-order valence-corrected chi connectivity index (χ1v) is 7.78. The van der Waals surface area contributed by atoms with E-state index in [9.17, 15) is 4.79 Å². The van der Waals surface area contributed by atoms with Crippen LogP contribution in [-0.2, 0) is 6.54 Å². The summed E-state index contributed by atoms with van der Waals surface area (Å²) in [5.74, 6) is -0.174. The van der Waals surface area contributed by atoms with Crippen LogP contribution in [0.15, 0.2) is 35.4 Å². The summed E-state index contributed by atoms with van der Waals surface area (Å²) in [6.07, 6.45) is 4.79. The van der Waals surface area contributed by atoms with Gasteiger partial charge in [0.15, 0.2) is 5.69 Å². The largest absolute Gasteiger partial charge is 0.347 e. The van der Waals surface area contributed by atoms with Crippen LogP contribution in [-0.4, -0.2) is 40.5 Å². The quantitative estimate of drug-likeness (QED) is 0.810. The van der Waals surface area contributed by atoms with Gasteiger partial charge < -0.3 is 10.6 Å². The number of nitrogens with zero attached hydrogens (tertiary/aromatic N) is 3. The highest BCUT2D eigenvalue weighted by Gasteiger charge is 2.12. The number of rotatable bonds is 5. The van der Waals surface area contributed by atoms with Crippen molar-refractivity contribution in [1.29, 1.82) is 0 Å². The Morgan fingerprint density at radius 3 is 3.24 bits per heavy atom. The molecule has 0 spiro atoms. The van der Waals surface area contributed by atoms with Crippen molar-refractivity contribution in [3.8, 4) is 0 Å². The molecule has 0 radical (unpaired) electrons. The van der Waals surface area contributed by atoms with Gasteiger partial charge in [0.1, 0.15) is 0 Å². The minimum Gasteiger partial charge on any atom is -0.347 e. The molecule has 2 aromatic heterocycles. The summed E-state index contributed by atoms with van der Waals surface area (Å²) in [6.45, 7) is 3.08. The summed E-state index contributed by atoms with van der Waals surface area (Å²) < 4.78 is 1.69. The molecule has 1 amide bonds. The van der Waals surface area contributed by atoms with Crippen molar-refractivity contribution >= 4 is 17.2 Å². The van der Waals surface area contributed by atoms with E-state index in [1.54, 1.807) is 22.2 Å². The molecule has 6 nitrogen and oxygen atoms in total. The normalized spacial score (nSPS) is 14.8. The summed E-state index contributed by atoms with van der Waals surface area (Å²) in [4.78, 5) is 13.2. The Kier molecular flexibility index (Phi) is 4.42. The molecular weight excluding hydrogens is 286 g/mol. The highest BCUT2D eigenvalue weighted by atomic mass is 32.1. The molecule has 7 heteroatoms. The van der Waals surface area contributed by atoms with Gasteiger partial charge in [0.05, 0.1) is 12.7 Å². The van der Waals surface area contributed by atoms with E-state index in [4.69, 9.17) is 0 Å².